The van der Waals surface area contributed by atoms with E-state index >= 15 is 0 Å². The van der Waals surface area contributed by atoms with Crippen molar-refractivity contribution in [1.82, 2.24) is 9.62 Å². The van der Waals surface area contributed by atoms with Crippen molar-refractivity contribution in [1.29, 1.82) is 0 Å². The van der Waals surface area contributed by atoms with Gasteiger partial charge in [-0.15, -0.1) is 0 Å². The van der Waals surface area contributed by atoms with Gasteiger partial charge in [0.05, 0.1) is 12.0 Å². The molecule has 2 aliphatic rings. The number of benzene rings is 1. The van der Waals surface area contributed by atoms with Gasteiger partial charge < -0.3 is 10.1 Å². The number of amides is 1. The van der Waals surface area contributed by atoms with Crippen molar-refractivity contribution >= 4 is 15.9 Å². The highest BCUT2D eigenvalue weighted by Gasteiger charge is 2.42. The second-order valence-corrected chi connectivity index (χ2v) is 10.3. The molecule has 4 atom stereocenters. The minimum Gasteiger partial charge on any atom is -0.497 e. The topological polar surface area (TPSA) is 75.7 Å². The summed E-state index contributed by atoms with van der Waals surface area (Å²) >= 11 is 0. The molecule has 1 aromatic rings. The number of ether oxygens (including phenoxy) is 1. The maximum absolute atomic E-state index is 12.6. The van der Waals surface area contributed by atoms with Gasteiger partial charge in [-0.2, -0.15) is 0 Å². The predicted octanol–water partition coefficient (Wildman–Crippen LogP) is 3.04. The monoisotopic (exact) mass is 408 g/mol. The maximum Gasteiger partial charge on any atom is 0.242 e. The Balaban J connectivity index is 1.43. The van der Waals surface area contributed by atoms with Gasteiger partial charge in [-0.1, -0.05) is 6.42 Å². The third kappa shape index (κ3) is 4.69. The van der Waals surface area contributed by atoms with Crippen LogP contribution in [-0.4, -0.2) is 45.4 Å². The van der Waals surface area contributed by atoms with Crippen LogP contribution in [0.4, 0.5) is 0 Å². The van der Waals surface area contributed by atoms with Gasteiger partial charge in [0.2, 0.25) is 15.9 Å². The fraction of sp³-hybridized carbons (Fsp3) is 0.667. The standard InChI is InChI=1S/C21H32N2O4S/c1-15(20-14-16-6-7-17(20)13-16)22-21(24)5-4-12-23(2)28(25,26)19-10-8-18(27-3)9-11-19/h8-11,15-17,20H,4-7,12-14H2,1-3H3,(H,22,24). The van der Waals surface area contributed by atoms with Crippen LogP contribution in [0.3, 0.4) is 0 Å². The summed E-state index contributed by atoms with van der Waals surface area (Å²) < 4.78 is 31.6. The summed E-state index contributed by atoms with van der Waals surface area (Å²) in [6.07, 6.45) is 6.09. The van der Waals surface area contributed by atoms with Gasteiger partial charge in [0.15, 0.2) is 0 Å². The Bertz CT molecular complexity index is 778. The van der Waals surface area contributed by atoms with Crippen LogP contribution < -0.4 is 10.1 Å². The summed E-state index contributed by atoms with van der Waals surface area (Å²) in [6.45, 7) is 2.42. The second-order valence-electron chi connectivity index (χ2n) is 8.30. The second kappa shape index (κ2) is 8.82. The maximum atomic E-state index is 12.6. The first-order chi connectivity index (χ1) is 13.3. The molecule has 2 fully saturated rings. The molecule has 2 aliphatic carbocycles. The van der Waals surface area contributed by atoms with Crippen molar-refractivity contribution in [2.75, 3.05) is 20.7 Å². The molecule has 7 heteroatoms. The van der Waals surface area contributed by atoms with Gasteiger partial charge in [-0.05, 0) is 74.6 Å². The van der Waals surface area contributed by atoms with Crippen LogP contribution in [0.2, 0.25) is 0 Å². The summed E-state index contributed by atoms with van der Waals surface area (Å²) in [5.41, 5.74) is 0. The predicted molar refractivity (Wildman–Crippen MR) is 109 cm³/mol. The molecule has 4 unspecified atom stereocenters. The van der Waals surface area contributed by atoms with Crippen LogP contribution in [-0.2, 0) is 14.8 Å². The molecule has 156 valence electrons. The van der Waals surface area contributed by atoms with Crippen molar-refractivity contribution in [3.63, 3.8) is 0 Å². The van der Waals surface area contributed by atoms with Crippen LogP contribution in [0.1, 0.15) is 45.4 Å². The molecule has 0 spiro atoms. The van der Waals surface area contributed by atoms with Crippen molar-refractivity contribution in [3.8, 4) is 5.75 Å². The highest BCUT2D eigenvalue weighted by molar-refractivity contribution is 7.89. The van der Waals surface area contributed by atoms with E-state index in [2.05, 4.69) is 12.2 Å². The number of carbonyl (C=O) groups excluding carboxylic acids is 1. The lowest BCUT2D eigenvalue weighted by Crippen LogP contribution is -2.40. The zero-order valence-electron chi connectivity index (χ0n) is 17.1. The van der Waals surface area contributed by atoms with Crippen LogP contribution in [0.15, 0.2) is 29.2 Å². The van der Waals surface area contributed by atoms with E-state index in [-0.39, 0.29) is 16.8 Å². The molecule has 0 saturated heterocycles. The highest BCUT2D eigenvalue weighted by Crippen LogP contribution is 2.49. The zero-order chi connectivity index (χ0) is 20.3. The molecule has 2 saturated carbocycles. The summed E-state index contributed by atoms with van der Waals surface area (Å²) in [6, 6.07) is 6.54. The van der Waals surface area contributed by atoms with Gasteiger partial charge in [0, 0.05) is 26.1 Å². The van der Waals surface area contributed by atoms with Gasteiger partial charge in [0.1, 0.15) is 5.75 Å². The average Bonchev–Trinajstić information content (AvgIpc) is 3.31. The Morgan fingerprint density at radius 1 is 1.25 bits per heavy atom. The van der Waals surface area contributed by atoms with Crippen molar-refractivity contribution in [2.45, 2.75) is 56.4 Å². The molecule has 1 aromatic carbocycles. The van der Waals surface area contributed by atoms with Crippen molar-refractivity contribution < 1.29 is 17.9 Å². The fourth-order valence-corrected chi connectivity index (χ4v) is 6.06. The molecule has 2 bridgehead atoms. The van der Waals surface area contributed by atoms with Gasteiger partial charge in [-0.3, -0.25) is 4.79 Å². The minimum atomic E-state index is -3.56. The largest absolute Gasteiger partial charge is 0.497 e. The number of rotatable bonds is 9. The molecule has 1 N–H and O–H groups in total. The van der Waals surface area contributed by atoms with E-state index in [1.165, 1.54) is 42.1 Å². The molecule has 0 heterocycles. The van der Waals surface area contributed by atoms with E-state index in [0.717, 1.165) is 11.8 Å². The van der Waals surface area contributed by atoms with Crippen LogP contribution in [0.5, 0.6) is 5.75 Å². The molecular formula is C21H32N2O4S. The van der Waals surface area contributed by atoms with E-state index in [0.29, 0.717) is 31.1 Å². The number of nitrogens with one attached hydrogen (secondary N) is 1. The average molecular weight is 409 g/mol. The number of sulfonamides is 1. The molecule has 1 amide bonds. The van der Waals surface area contributed by atoms with E-state index < -0.39 is 10.0 Å². The van der Waals surface area contributed by atoms with E-state index in [9.17, 15) is 13.2 Å². The molecule has 0 aliphatic heterocycles. The lowest BCUT2D eigenvalue weighted by Gasteiger charge is -2.28. The number of methoxy groups -OCH3 is 1. The third-order valence-corrected chi connectivity index (χ3v) is 8.34. The summed E-state index contributed by atoms with van der Waals surface area (Å²) in [5.74, 6) is 2.89. The third-order valence-electron chi connectivity index (χ3n) is 6.47. The van der Waals surface area contributed by atoms with Crippen molar-refractivity contribution in [2.24, 2.45) is 17.8 Å². The SMILES string of the molecule is COc1ccc(S(=O)(=O)N(C)CCCC(=O)NC(C)C2CC3CCC2C3)cc1. The number of fused-ring (bicyclic) bond motifs is 2. The Morgan fingerprint density at radius 3 is 2.54 bits per heavy atom. The van der Waals surface area contributed by atoms with Crippen molar-refractivity contribution in [3.05, 3.63) is 24.3 Å². The van der Waals surface area contributed by atoms with Crippen LogP contribution in [0.25, 0.3) is 0 Å². The quantitative estimate of drug-likeness (QED) is 0.681. The van der Waals surface area contributed by atoms with Gasteiger partial charge >= 0.3 is 0 Å². The summed E-state index contributed by atoms with van der Waals surface area (Å²) in [7, 11) is -0.466. The number of hydrogen-bond acceptors (Lipinski definition) is 4. The number of hydrogen-bond donors (Lipinski definition) is 1. The first kappa shape index (κ1) is 21.1. The van der Waals surface area contributed by atoms with Gasteiger partial charge in [0.25, 0.3) is 0 Å². The Hall–Kier alpha value is -1.60. The Kier molecular flexibility index (Phi) is 6.65. The molecule has 0 radical (unpaired) electrons. The van der Waals surface area contributed by atoms with E-state index in [1.807, 2.05) is 0 Å². The van der Waals surface area contributed by atoms with Crippen LogP contribution >= 0.6 is 0 Å². The van der Waals surface area contributed by atoms with Gasteiger partial charge in [-0.25, -0.2) is 12.7 Å². The highest BCUT2D eigenvalue weighted by atomic mass is 32.2. The fourth-order valence-electron chi connectivity index (χ4n) is 4.85. The first-order valence-corrected chi connectivity index (χ1v) is 11.6. The smallest absolute Gasteiger partial charge is 0.242 e. The lowest BCUT2D eigenvalue weighted by atomic mass is 9.84. The molecule has 28 heavy (non-hydrogen) atoms. The molecule has 0 aromatic heterocycles. The summed E-state index contributed by atoms with van der Waals surface area (Å²) in [5, 5.41) is 3.14. The van der Waals surface area contributed by atoms with Crippen LogP contribution in [0, 0.1) is 17.8 Å². The lowest BCUT2D eigenvalue weighted by molar-refractivity contribution is -0.122. The summed E-state index contributed by atoms with van der Waals surface area (Å²) in [4.78, 5) is 12.5. The van der Waals surface area contributed by atoms with E-state index in [1.54, 1.807) is 26.3 Å². The first-order valence-electron chi connectivity index (χ1n) is 10.2. The van der Waals surface area contributed by atoms with E-state index in [4.69, 9.17) is 4.74 Å². The number of nitrogens with zero attached hydrogens (tertiary/aromatic N) is 1. The Morgan fingerprint density at radius 2 is 1.96 bits per heavy atom. The normalized spacial score (nSPS) is 25.1. The molecule has 6 nitrogen and oxygen atoms in total. The number of carbonyl (C=O) groups is 1. The zero-order valence-corrected chi connectivity index (χ0v) is 17.9. The molecule has 3 rings (SSSR count). The Labute approximate surface area is 168 Å². The minimum absolute atomic E-state index is 0.0190. The molecular weight excluding hydrogens is 376 g/mol.